The molecule has 0 bridgehead atoms. The maximum atomic E-state index is 15.0. The molecular weight excluding hydrogens is 615 g/mol. The summed E-state index contributed by atoms with van der Waals surface area (Å²) in [7, 11) is 0. The quantitative estimate of drug-likeness (QED) is 0.210. The van der Waals surface area contributed by atoms with E-state index in [9.17, 15) is 28.2 Å². The van der Waals surface area contributed by atoms with Crippen molar-refractivity contribution < 1.29 is 32.9 Å². The van der Waals surface area contributed by atoms with E-state index in [0.717, 1.165) is 5.56 Å². The Morgan fingerprint density at radius 3 is 2.47 bits per heavy atom. The standard InChI is InChI=1S/C33H36F3N7O4/c1-19-3-4-21(13-23(19)17-44)22-5-6-26(43-10-7-20(2)41-43)24(14-22)29(33(34,35)36)47-28-15-27(39-31(37)40-28)42-11-8-32(9-12-42)16-25(30(45)46)38-18-32/h3-7,10,13-15,25,29,38,44H,8-9,11-12,16-18H2,1-2H3,(H,45,46)(H2,37,39,40)/t25-,29+/m0/s1. The molecule has 0 radical (unpaired) electrons. The van der Waals surface area contributed by atoms with Gasteiger partial charge >= 0.3 is 12.1 Å². The van der Waals surface area contributed by atoms with Crippen molar-refractivity contribution in [2.75, 3.05) is 30.3 Å². The molecule has 2 atom stereocenters. The molecule has 2 fully saturated rings. The number of halogens is 3. The van der Waals surface area contributed by atoms with Crippen LogP contribution in [0.2, 0.25) is 0 Å². The minimum absolute atomic E-state index is 0.166. The van der Waals surface area contributed by atoms with Gasteiger partial charge < -0.3 is 30.9 Å². The summed E-state index contributed by atoms with van der Waals surface area (Å²) >= 11 is 0. The molecule has 0 saturated carbocycles. The molecule has 4 heterocycles. The van der Waals surface area contributed by atoms with Gasteiger partial charge in [0.1, 0.15) is 11.9 Å². The molecule has 2 aromatic carbocycles. The van der Waals surface area contributed by atoms with Gasteiger partial charge in [-0.15, -0.1) is 0 Å². The first-order valence-corrected chi connectivity index (χ1v) is 15.3. The van der Waals surface area contributed by atoms with Gasteiger partial charge in [0.05, 0.1) is 18.0 Å². The number of aromatic nitrogens is 4. The van der Waals surface area contributed by atoms with Gasteiger partial charge in [0, 0.05) is 37.5 Å². The summed E-state index contributed by atoms with van der Waals surface area (Å²) in [5.41, 5.74) is 9.10. The fraction of sp³-hybridized carbons (Fsp3) is 0.394. The zero-order chi connectivity index (χ0) is 33.5. The number of hydrogen-bond donors (Lipinski definition) is 4. The van der Waals surface area contributed by atoms with Gasteiger partial charge in [-0.1, -0.05) is 18.2 Å². The Bertz CT molecular complexity index is 1790. The van der Waals surface area contributed by atoms with E-state index in [0.29, 0.717) is 67.1 Å². The highest BCUT2D eigenvalue weighted by atomic mass is 19.4. The van der Waals surface area contributed by atoms with E-state index in [2.05, 4.69) is 20.4 Å². The highest BCUT2D eigenvalue weighted by molar-refractivity contribution is 5.74. The Balaban J connectivity index is 1.34. The molecule has 4 aromatic rings. The van der Waals surface area contributed by atoms with Crippen LogP contribution in [0, 0.1) is 19.3 Å². The maximum absolute atomic E-state index is 15.0. The van der Waals surface area contributed by atoms with E-state index in [1.807, 2.05) is 17.9 Å². The molecule has 2 saturated heterocycles. The SMILES string of the molecule is Cc1ccn(-c2ccc(-c3ccc(C)c(CO)c3)cc2[C@@H](Oc2cc(N3CCC4(CC3)CN[C@H](C(=O)O)C4)nc(N)n2)C(F)(F)F)n1. The third kappa shape index (κ3) is 6.74. The summed E-state index contributed by atoms with van der Waals surface area (Å²) in [4.78, 5) is 21.7. The van der Waals surface area contributed by atoms with Crippen molar-refractivity contribution in [3.63, 3.8) is 0 Å². The molecule has 5 N–H and O–H groups in total. The molecule has 0 unspecified atom stereocenters. The molecular formula is C33H36F3N7O4. The zero-order valence-corrected chi connectivity index (χ0v) is 26.0. The summed E-state index contributed by atoms with van der Waals surface area (Å²) in [5.74, 6) is -1.12. The summed E-state index contributed by atoms with van der Waals surface area (Å²) < 4.78 is 52.0. The molecule has 0 amide bonds. The lowest BCUT2D eigenvalue weighted by molar-refractivity contribution is -0.198. The fourth-order valence-corrected chi connectivity index (χ4v) is 6.49. The van der Waals surface area contributed by atoms with Crippen LogP contribution in [0.5, 0.6) is 5.88 Å². The average Bonchev–Trinajstić information content (AvgIpc) is 3.66. The van der Waals surface area contributed by atoms with Crippen LogP contribution in [0.4, 0.5) is 24.9 Å². The van der Waals surface area contributed by atoms with Crippen molar-refractivity contribution in [3.8, 4) is 22.7 Å². The number of alkyl halides is 3. The topological polar surface area (TPSA) is 152 Å². The Hall–Kier alpha value is -4.69. The normalized spacial score (nSPS) is 18.4. The van der Waals surface area contributed by atoms with Gasteiger partial charge in [-0.25, -0.2) is 4.68 Å². The number of aliphatic hydroxyl groups excluding tert-OH is 1. The number of ether oxygens (including phenoxy) is 1. The van der Waals surface area contributed by atoms with Crippen molar-refractivity contribution in [2.45, 2.75) is 58.0 Å². The van der Waals surface area contributed by atoms with Crippen LogP contribution in [0.15, 0.2) is 54.7 Å². The number of carboxylic acids is 1. The van der Waals surface area contributed by atoms with Gasteiger partial charge in [0.25, 0.3) is 0 Å². The minimum Gasteiger partial charge on any atom is -0.480 e. The van der Waals surface area contributed by atoms with E-state index in [-0.39, 0.29) is 35.1 Å². The van der Waals surface area contributed by atoms with Crippen LogP contribution in [0.1, 0.15) is 47.8 Å². The lowest BCUT2D eigenvalue weighted by atomic mass is 9.76. The molecule has 248 valence electrons. The number of carbonyl (C=O) groups is 1. The third-order valence-corrected chi connectivity index (χ3v) is 9.18. The Morgan fingerprint density at radius 1 is 1.11 bits per heavy atom. The first-order chi connectivity index (χ1) is 22.3. The van der Waals surface area contributed by atoms with Gasteiger partial charge in [0.2, 0.25) is 17.9 Å². The lowest BCUT2D eigenvalue weighted by Crippen LogP contribution is -2.41. The first kappa shape index (κ1) is 32.3. The van der Waals surface area contributed by atoms with Gasteiger partial charge in [-0.2, -0.15) is 28.2 Å². The van der Waals surface area contributed by atoms with E-state index in [1.165, 1.54) is 16.8 Å². The van der Waals surface area contributed by atoms with E-state index < -0.39 is 24.3 Å². The second-order valence-electron chi connectivity index (χ2n) is 12.4. The number of nitrogens with zero attached hydrogens (tertiary/aromatic N) is 5. The molecule has 2 aromatic heterocycles. The molecule has 11 nitrogen and oxygen atoms in total. The van der Waals surface area contributed by atoms with Gasteiger partial charge in [0.15, 0.2) is 0 Å². The number of nitrogens with two attached hydrogens (primary N) is 1. The van der Waals surface area contributed by atoms with Gasteiger partial charge in [-0.05, 0) is 85.0 Å². The summed E-state index contributed by atoms with van der Waals surface area (Å²) in [6.07, 6.45) is -3.84. The number of hydrogen-bond acceptors (Lipinski definition) is 9. The number of nitrogens with one attached hydrogen (secondary N) is 1. The highest BCUT2D eigenvalue weighted by Gasteiger charge is 2.46. The number of nitrogen functional groups attached to an aromatic ring is 1. The molecule has 1 spiro atoms. The zero-order valence-electron chi connectivity index (χ0n) is 26.0. The minimum atomic E-state index is -4.87. The molecule has 47 heavy (non-hydrogen) atoms. The average molecular weight is 652 g/mol. The predicted molar refractivity (Wildman–Crippen MR) is 168 cm³/mol. The second kappa shape index (κ2) is 12.5. The van der Waals surface area contributed by atoms with Crippen LogP contribution in [-0.4, -0.2) is 67.8 Å². The Morgan fingerprint density at radius 2 is 1.83 bits per heavy atom. The van der Waals surface area contributed by atoms with Crippen LogP contribution >= 0.6 is 0 Å². The molecule has 0 aliphatic carbocycles. The largest absolute Gasteiger partial charge is 0.480 e. The van der Waals surface area contributed by atoms with Crippen molar-refractivity contribution in [1.29, 1.82) is 0 Å². The van der Waals surface area contributed by atoms with Crippen LogP contribution in [-0.2, 0) is 11.4 Å². The Kier molecular flexibility index (Phi) is 8.57. The third-order valence-electron chi connectivity index (χ3n) is 9.18. The fourth-order valence-electron chi connectivity index (χ4n) is 6.49. The molecule has 6 rings (SSSR count). The van der Waals surface area contributed by atoms with Crippen LogP contribution in [0.3, 0.4) is 0 Å². The summed E-state index contributed by atoms with van der Waals surface area (Å²) in [6, 6.07) is 12.5. The number of aliphatic hydroxyl groups is 1. The first-order valence-electron chi connectivity index (χ1n) is 15.3. The predicted octanol–water partition coefficient (Wildman–Crippen LogP) is 4.74. The number of benzene rings is 2. The number of carboxylic acid groups (broad SMARTS) is 1. The van der Waals surface area contributed by atoms with Crippen molar-refractivity contribution in [3.05, 3.63) is 77.1 Å². The van der Waals surface area contributed by atoms with E-state index >= 15 is 0 Å². The van der Waals surface area contributed by atoms with Crippen molar-refractivity contribution >= 4 is 17.7 Å². The number of anilines is 2. The van der Waals surface area contributed by atoms with Crippen molar-refractivity contribution in [1.82, 2.24) is 25.1 Å². The smallest absolute Gasteiger partial charge is 0.429 e. The number of aliphatic carboxylic acids is 1. The molecule has 2 aliphatic heterocycles. The maximum Gasteiger partial charge on any atom is 0.429 e. The monoisotopic (exact) mass is 651 g/mol. The van der Waals surface area contributed by atoms with Crippen LogP contribution in [0.25, 0.3) is 16.8 Å². The number of aryl methyl sites for hydroxylation is 2. The summed E-state index contributed by atoms with van der Waals surface area (Å²) in [5, 5.41) is 26.6. The molecule has 2 aliphatic rings. The van der Waals surface area contributed by atoms with Crippen LogP contribution < -0.4 is 20.7 Å². The van der Waals surface area contributed by atoms with E-state index in [4.69, 9.17) is 10.5 Å². The number of piperidine rings is 1. The molecule has 14 heteroatoms. The lowest BCUT2D eigenvalue weighted by Gasteiger charge is -2.39. The second-order valence-corrected chi connectivity index (χ2v) is 12.4. The van der Waals surface area contributed by atoms with E-state index in [1.54, 1.807) is 43.5 Å². The number of rotatable bonds is 8. The van der Waals surface area contributed by atoms with Crippen molar-refractivity contribution in [2.24, 2.45) is 5.41 Å². The Labute approximate surface area is 269 Å². The van der Waals surface area contributed by atoms with Gasteiger partial charge in [-0.3, -0.25) is 4.79 Å². The highest BCUT2D eigenvalue weighted by Crippen LogP contribution is 2.43. The summed E-state index contributed by atoms with van der Waals surface area (Å²) in [6.45, 7) is 5.01.